The Morgan fingerprint density at radius 1 is 0.919 bits per heavy atom. The molecule has 0 aliphatic carbocycles. The van der Waals surface area contributed by atoms with Gasteiger partial charge in [-0.1, -0.05) is 30.3 Å². The van der Waals surface area contributed by atoms with Gasteiger partial charge in [0.2, 0.25) is 23.6 Å². The SMILES string of the molecule is NC(=O)CCC(NC(=O)C(Cc1cnc[nH]1)NC(=O)C(CO)NC(=O)C(N)Cc1ccccc1)C(=O)O. The first kappa shape index (κ1) is 28.9. The predicted octanol–water partition coefficient (Wildman–Crippen LogP) is -2.68. The van der Waals surface area contributed by atoms with Crippen LogP contribution in [0.5, 0.6) is 0 Å². The van der Waals surface area contributed by atoms with Gasteiger partial charge in [-0.25, -0.2) is 9.78 Å². The Balaban J connectivity index is 2.08. The van der Waals surface area contributed by atoms with Crippen molar-refractivity contribution in [2.45, 2.75) is 49.9 Å². The van der Waals surface area contributed by atoms with E-state index in [2.05, 4.69) is 25.9 Å². The number of carbonyl (C=O) groups excluding carboxylic acids is 4. The van der Waals surface area contributed by atoms with Crippen LogP contribution in [0.4, 0.5) is 0 Å². The molecule has 1 aromatic carbocycles. The Labute approximate surface area is 212 Å². The molecule has 10 N–H and O–H groups in total. The normalized spacial score (nSPS) is 14.0. The molecule has 0 aliphatic rings. The summed E-state index contributed by atoms with van der Waals surface area (Å²) in [6.45, 7) is -0.787. The van der Waals surface area contributed by atoms with Crippen molar-refractivity contribution in [2.75, 3.05) is 6.61 Å². The van der Waals surface area contributed by atoms with Crippen LogP contribution in [0.3, 0.4) is 0 Å². The number of amides is 4. The number of hydrogen-bond acceptors (Lipinski definition) is 8. The molecule has 37 heavy (non-hydrogen) atoms. The van der Waals surface area contributed by atoms with Crippen LogP contribution in [0, 0.1) is 0 Å². The van der Waals surface area contributed by atoms with Crippen LogP contribution in [0.1, 0.15) is 24.1 Å². The van der Waals surface area contributed by atoms with E-state index in [4.69, 9.17) is 11.5 Å². The van der Waals surface area contributed by atoms with Gasteiger partial charge in [0.25, 0.3) is 0 Å². The molecule has 1 aromatic heterocycles. The van der Waals surface area contributed by atoms with Crippen LogP contribution in [0.2, 0.25) is 0 Å². The number of carboxylic acid groups (broad SMARTS) is 1. The summed E-state index contributed by atoms with van der Waals surface area (Å²) in [6.07, 6.45) is 2.30. The molecule has 1 heterocycles. The van der Waals surface area contributed by atoms with Crippen molar-refractivity contribution in [3.8, 4) is 0 Å². The third-order valence-electron chi connectivity index (χ3n) is 5.36. The van der Waals surface area contributed by atoms with E-state index in [1.165, 1.54) is 12.5 Å². The topological polar surface area (TPSA) is 243 Å². The zero-order valence-corrected chi connectivity index (χ0v) is 19.9. The number of aliphatic hydroxyl groups excluding tert-OH is 1. The molecular formula is C23H31N7O7. The Morgan fingerprint density at radius 3 is 2.11 bits per heavy atom. The summed E-state index contributed by atoms with van der Waals surface area (Å²) in [7, 11) is 0. The molecule has 0 aliphatic heterocycles. The van der Waals surface area contributed by atoms with Gasteiger partial charge >= 0.3 is 5.97 Å². The van der Waals surface area contributed by atoms with Gasteiger partial charge in [-0.3, -0.25) is 19.2 Å². The number of nitrogens with one attached hydrogen (secondary N) is 4. The van der Waals surface area contributed by atoms with Crippen LogP contribution >= 0.6 is 0 Å². The molecule has 4 unspecified atom stereocenters. The van der Waals surface area contributed by atoms with E-state index in [0.717, 1.165) is 5.56 Å². The van der Waals surface area contributed by atoms with Crippen molar-refractivity contribution in [3.05, 3.63) is 54.1 Å². The molecule has 14 heteroatoms. The number of imidazole rings is 1. The smallest absolute Gasteiger partial charge is 0.326 e. The zero-order valence-electron chi connectivity index (χ0n) is 19.9. The number of nitrogens with zero attached hydrogens (tertiary/aromatic N) is 1. The molecule has 2 rings (SSSR count). The molecule has 4 atom stereocenters. The monoisotopic (exact) mass is 517 g/mol. The molecule has 0 bridgehead atoms. The lowest BCUT2D eigenvalue weighted by atomic mass is 10.1. The highest BCUT2D eigenvalue weighted by molar-refractivity contribution is 5.94. The number of nitrogens with two attached hydrogens (primary N) is 2. The van der Waals surface area contributed by atoms with Gasteiger partial charge in [-0.05, 0) is 18.4 Å². The van der Waals surface area contributed by atoms with E-state index in [9.17, 15) is 34.2 Å². The fourth-order valence-electron chi connectivity index (χ4n) is 3.35. The lowest BCUT2D eigenvalue weighted by Crippen LogP contribution is -2.58. The van der Waals surface area contributed by atoms with Crippen molar-refractivity contribution in [3.63, 3.8) is 0 Å². The summed E-state index contributed by atoms with van der Waals surface area (Å²) >= 11 is 0. The van der Waals surface area contributed by atoms with Gasteiger partial charge in [0.05, 0.1) is 19.0 Å². The van der Waals surface area contributed by atoms with E-state index in [1.807, 2.05) is 6.07 Å². The van der Waals surface area contributed by atoms with Gasteiger partial charge < -0.3 is 42.6 Å². The number of rotatable bonds is 15. The van der Waals surface area contributed by atoms with Gasteiger partial charge in [0, 0.05) is 24.7 Å². The van der Waals surface area contributed by atoms with Gasteiger partial charge in [0.1, 0.15) is 18.1 Å². The Bertz CT molecular complexity index is 1060. The quantitative estimate of drug-likeness (QED) is 0.122. The largest absolute Gasteiger partial charge is 0.480 e. The van der Waals surface area contributed by atoms with Crippen molar-refractivity contribution in [1.82, 2.24) is 25.9 Å². The Morgan fingerprint density at radius 2 is 1.54 bits per heavy atom. The third kappa shape index (κ3) is 9.70. The minimum absolute atomic E-state index is 0.112. The first-order valence-corrected chi connectivity index (χ1v) is 11.4. The third-order valence-corrected chi connectivity index (χ3v) is 5.36. The summed E-state index contributed by atoms with van der Waals surface area (Å²) < 4.78 is 0. The average Bonchev–Trinajstić information content (AvgIpc) is 3.37. The minimum atomic E-state index is -1.44. The van der Waals surface area contributed by atoms with Gasteiger partial charge in [-0.15, -0.1) is 0 Å². The predicted molar refractivity (Wildman–Crippen MR) is 129 cm³/mol. The first-order chi connectivity index (χ1) is 17.6. The van der Waals surface area contributed by atoms with E-state index in [-0.39, 0.29) is 25.7 Å². The molecule has 0 fully saturated rings. The van der Waals surface area contributed by atoms with E-state index in [1.54, 1.807) is 24.3 Å². The number of aromatic nitrogens is 2. The second-order valence-corrected chi connectivity index (χ2v) is 8.29. The maximum Gasteiger partial charge on any atom is 0.326 e. The molecule has 0 saturated heterocycles. The molecule has 4 amide bonds. The van der Waals surface area contributed by atoms with Crippen molar-refractivity contribution in [2.24, 2.45) is 11.5 Å². The number of carbonyl (C=O) groups is 5. The Kier molecular flexibility index (Phi) is 11.2. The number of benzene rings is 1. The molecule has 2 aromatic rings. The van der Waals surface area contributed by atoms with Crippen LogP contribution < -0.4 is 27.4 Å². The lowest BCUT2D eigenvalue weighted by molar-refractivity contribution is -0.142. The molecule has 0 spiro atoms. The lowest BCUT2D eigenvalue weighted by Gasteiger charge is -2.24. The highest BCUT2D eigenvalue weighted by Crippen LogP contribution is 2.05. The van der Waals surface area contributed by atoms with Crippen LogP contribution in [-0.2, 0) is 36.8 Å². The number of hydrogen-bond donors (Lipinski definition) is 8. The average molecular weight is 518 g/mol. The van der Waals surface area contributed by atoms with E-state index >= 15 is 0 Å². The Hall–Kier alpha value is -4.30. The molecule has 0 saturated carbocycles. The highest BCUT2D eigenvalue weighted by Gasteiger charge is 2.30. The van der Waals surface area contributed by atoms with Gasteiger partial charge in [-0.2, -0.15) is 0 Å². The maximum absolute atomic E-state index is 12.9. The molecule has 14 nitrogen and oxygen atoms in total. The summed E-state index contributed by atoms with van der Waals surface area (Å²) in [5, 5.41) is 26.1. The highest BCUT2D eigenvalue weighted by atomic mass is 16.4. The fraction of sp³-hybridized carbons (Fsp3) is 0.391. The summed E-state index contributed by atoms with van der Waals surface area (Å²) in [6, 6.07) is 3.78. The first-order valence-electron chi connectivity index (χ1n) is 11.4. The molecular weight excluding hydrogens is 486 g/mol. The standard InChI is InChI=1S/C23H31N7O7/c24-15(8-13-4-2-1-3-5-13)20(33)30-18(11-31)22(35)29-17(9-14-10-26-12-27-14)21(34)28-16(23(36)37)6-7-19(25)32/h1-5,10,12,15-18,31H,6-9,11,24H2,(H2,25,32)(H,26,27)(H,28,34)(H,29,35)(H,30,33)(H,36,37). The van der Waals surface area contributed by atoms with E-state index < -0.39 is 60.4 Å². The summed E-state index contributed by atoms with van der Waals surface area (Å²) in [5.74, 6) is -4.59. The van der Waals surface area contributed by atoms with Crippen molar-refractivity contribution < 1.29 is 34.2 Å². The zero-order chi connectivity index (χ0) is 27.4. The number of aromatic amines is 1. The van der Waals surface area contributed by atoms with Gasteiger partial charge in [0.15, 0.2) is 0 Å². The summed E-state index contributed by atoms with van der Waals surface area (Å²) in [4.78, 5) is 67.4. The van der Waals surface area contributed by atoms with Crippen LogP contribution in [-0.4, -0.2) is 80.6 Å². The van der Waals surface area contributed by atoms with Crippen LogP contribution in [0.25, 0.3) is 0 Å². The van der Waals surface area contributed by atoms with Crippen molar-refractivity contribution in [1.29, 1.82) is 0 Å². The number of aliphatic hydroxyl groups is 1. The molecule has 0 radical (unpaired) electrons. The van der Waals surface area contributed by atoms with Crippen LogP contribution in [0.15, 0.2) is 42.9 Å². The number of aliphatic carboxylic acids is 1. The van der Waals surface area contributed by atoms with E-state index in [0.29, 0.717) is 5.69 Å². The number of H-pyrrole nitrogens is 1. The second-order valence-electron chi connectivity index (χ2n) is 8.29. The number of carboxylic acids is 1. The molecule has 200 valence electrons. The second kappa shape index (κ2) is 14.3. The summed E-state index contributed by atoms with van der Waals surface area (Å²) in [5.41, 5.74) is 12.2. The minimum Gasteiger partial charge on any atom is -0.480 e. The number of primary amides is 1. The fourth-order valence-corrected chi connectivity index (χ4v) is 3.35. The van der Waals surface area contributed by atoms with Crippen molar-refractivity contribution >= 4 is 29.6 Å². The maximum atomic E-state index is 12.9.